The first kappa shape index (κ1) is 20.5. The maximum atomic E-state index is 13.8. The van der Waals surface area contributed by atoms with Gasteiger partial charge in [0.2, 0.25) is 0 Å². The molecule has 0 N–H and O–H groups in total. The molecule has 0 spiro atoms. The van der Waals surface area contributed by atoms with Gasteiger partial charge in [0.15, 0.2) is 0 Å². The number of carbonyl (C=O) groups is 1. The van der Waals surface area contributed by atoms with Crippen molar-refractivity contribution >= 4 is 16.9 Å². The van der Waals surface area contributed by atoms with Crippen LogP contribution in [-0.4, -0.2) is 24.7 Å². The summed E-state index contributed by atoms with van der Waals surface area (Å²) in [5, 5.41) is 0.440. The Morgan fingerprint density at radius 1 is 1.00 bits per heavy atom. The average molecular weight is 415 g/mol. The molecule has 1 aromatic heterocycles. The molecule has 0 bridgehead atoms. The number of halogens is 1. The quantitative estimate of drug-likeness (QED) is 0.364. The Labute approximate surface area is 180 Å². The lowest BCUT2D eigenvalue weighted by Gasteiger charge is -2.14. The first-order valence-electron chi connectivity index (χ1n) is 10.0. The zero-order chi connectivity index (χ0) is 22.0. The molecule has 5 heteroatoms. The monoisotopic (exact) mass is 415 g/mol. The summed E-state index contributed by atoms with van der Waals surface area (Å²) in [6.45, 7) is 4.35. The molecule has 0 radical (unpaired) electrons. The summed E-state index contributed by atoms with van der Waals surface area (Å²) in [6.07, 6.45) is 0. The van der Waals surface area contributed by atoms with E-state index in [-0.39, 0.29) is 0 Å². The number of hydrogen-bond acceptors (Lipinski definition) is 4. The summed E-state index contributed by atoms with van der Waals surface area (Å²) in [6, 6.07) is 20.0. The highest BCUT2D eigenvalue weighted by molar-refractivity contribution is 6.06. The largest absolute Gasteiger partial charge is 0.493 e. The fraction of sp³-hybridized carbons (Fsp3) is 0.154. The number of benzene rings is 3. The van der Waals surface area contributed by atoms with E-state index in [9.17, 15) is 9.18 Å². The Morgan fingerprint density at radius 2 is 1.71 bits per heavy atom. The molecule has 0 unspecified atom stereocenters. The van der Waals surface area contributed by atoms with Gasteiger partial charge in [0.25, 0.3) is 0 Å². The third-order valence-electron chi connectivity index (χ3n) is 5.24. The van der Waals surface area contributed by atoms with E-state index in [1.54, 1.807) is 13.0 Å². The SMILES string of the molecule is CCOc1ccccc1-c1ccc(-c2nc3ccc(F)cc3c(C(=O)OC)c2C)cc1. The van der Waals surface area contributed by atoms with Crippen LogP contribution in [0.2, 0.25) is 0 Å². The second-order valence-corrected chi connectivity index (χ2v) is 7.12. The zero-order valence-electron chi connectivity index (χ0n) is 17.6. The third kappa shape index (κ3) is 3.87. The van der Waals surface area contributed by atoms with Gasteiger partial charge in [-0.25, -0.2) is 14.2 Å². The minimum atomic E-state index is -0.515. The van der Waals surface area contributed by atoms with Gasteiger partial charge in [-0.2, -0.15) is 0 Å². The van der Waals surface area contributed by atoms with Gasteiger partial charge in [-0.3, -0.25) is 0 Å². The van der Waals surface area contributed by atoms with E-state index in [1.165, 1.54) is 19.2 Å². The van der Waals surface area contributed by atoms with E-state index < -0.39 is 11.8 Å². The zero-order valence-corrected chi connectivity index (χ0v) is 17.6. The van der Waals surface area contributed by atoms with E-state index in [2.05, 4.69) is 0 Å². The van der Waals surface area contributed by atoms with E-state index >= 15 is 0 Å². The number of nitrogens with zero attached hydrogens (tertiary/aromatic N) is 1. The van der Waals surface area contributed by atoms with Crippen LogP contribution in [0.15, 0.2) is 66.7 Å². The number of rotatable bonds is 5. The minimum Gasteiger partial charge on any atom is -0.493 e. The van der Waals surface area contributed by atoms with Gasteiger partial charge in [-0.1, -0.05) is 42.5 Å². The second-order valence-electron chi connectivity index (χ2n) is 7.12. The van der Waals surface area contributed by atoms with Gasteiger partial charge >= 0.3 is 5.97 Å². The van der Waals surface area contributed by atoms with Gasteiger partial charge in [0.1, 0.15) is 11.6 Å². The number of ether oxygens (including phenoxy) is 2. The summed E-state index contributed by atoms with van der Waals surface area (Å²) < 4.78 is 24.6. The lowest BCUT2D eigenvalue weighted by Crippen LogP contribution is -2.08. The highest BCUT2D eigenvalue weighted by atomic mass is 19.1. The van der Waals surface area contributed by atoms with Crippen molar-refractivity contribution in [2.75, 3.05) is 13.7 Å². The molecule has 0 saturated carbocycles. The van der Waals surface area contributed by atoms with Crippen LogP contribution >= 0.6 is 0 Å². The van der Waals surface area contributed by atoms with Crippen molar-refractivity contribution in [2.45, 2.75) is 13.8 Å². The van der Waals surface area contributed by atoms with E-state index in [0.29, 0.717) is 34.3 Å². The van der Waals surface area contributed by atoms with Crippen molar-refractivity contribution < 1.29 is 18.7 Å². The van der Waals surface area contributed by atoms with Crippen molar-refractivity contribution in [3.05, 3.63) is 83.7 Å². The van der Waals surface area contributed by atoms with Gasteiger partial charge in [0.05, 0.1) is 30.5 Å². The number of methoxy groups -OCH3 is 1. The van der Waals surface area contributed by atoms with Crippen LogP contribution < -0.4 is 4.74 Å². The number of carbonyl (C=O) groups excluding carboxylic acids is 1. The van der Waals surface area contributed by atoms with Gasteiger partial charge in [-0.05, 0) is 49.2 Å². The van der Waals surface area contributed by atoms with Crippen molar-refractivity contribution in [1.29, 1.82) is 0 Å². The summed E-state index contributed by atoms with van der Waals surface area (Å²) in [5.74, 6) is -0.115. The molecule has 0 atom stereocenters. The second kappa shape index (κ2) is 8.56. The Bertz CT molecular complexity index is 1270. The molecule has 0 aliphatic carbocycles. The molecule has 4 nitrogen and oxygen atoms in total. The highest BCUT2D eigenvalue weighted by Gasteiger charge is 2.20. The van der Waals surface area contributed by atoms with E-state index in [0.717, 1.165) is 22.4 Å². The molecule has 0 fully saturated rings. The number of aromatic nitrogens is 1. The molecule has 4 aromatic rings. The molecule has 0 saturated heterocycles. The predicted octanol–water partition coefficient (Wildman–Crippen LogP) is 6.20. The number of para-hydroxylation sites is 1. The molecule has 31 heavy (non-hydrogen) atoms. The molecule has 1 heterocycles. The van der Waals surface area contributed by atoms with Gasteiger partial charge < -0.3 is 9.47 Å². The smallest absolute Gasteiger partial charge is 0.338 e. The van der Waals surface area contributed by atoms with Crippen LogP contribution in [0, 0.1) is 12.7 Å². The Hall–Kier alpha value is -3.73. The normalized spacial score (nSPS) is 10.8. The molecule has 4 rings (SSSR count). The average Bonchev–Trinajstić information content (AvgIpc) is 2.79. The maximum Gasteiger partial charge on any atom is 0.338 e. The highest BCUT2D eigenvalue weighted by Crippen LogP contribution is 2.34. The van der Waals surface area contributed by atoms with Crippen LogP contribution in [0.3, 0.4) is 0 Å². The number of fused-ring (bicyclic) bond motifs is 1. The Kier molecular flexibility index (Phi) is 5.67. The summed E-state index contributed by atoms with van der Waals surface area (Å²) >= 11 is 0. The number of hydrogen-bond donors (Lipinski definition) is 0. The predicted molar refractivity (Wildman–Crippen MR) is 120 cm³/mol. The van der Waals surface area contributed by atoms with Crippen LogP contribution in [0.25, 0.3) is 33.3 Å². The fourth-order valence-electron chi connectivity index (χ4n) is 3.77. The van der Waals surface area contributed by atoms with Crippen molar-refractivity contribution in [2.24, 2.45) is 0 Å². The standard InChI is InChI=1S/C26H22FNO3/c1-4-31-23-8-6-5-7-20(23)17-9-11-18(12-10-17)25-16(2)24(26(29)30-3)21-15-19(27)13-14-22(21)28-25/h5-15H,4H2,1-3H3. The van der Waals surface area contributed by atoms with Crippen molar-refractivity contribution in [1.82, 2.24) is 4.98 Å². The summed E-state index contributed by atoms with van der Waals surface area (Å²) in [4.78, 5) is 17.2. The lowest BCUT2D eigenvalue weighted by atomic mass is 9.96. The first-order valence-corrected chi connectivity index (χ1v) is 10.0. The molecule has 0 aliphatic heterocycles. The molecule has 156 valence electrons. The molecule has 0 amide bonds. The van der Waals surface area contributed by atoms with Crippen LogP contribution in [0.4, 0.5) is 4.39 Å². The van der Waals surface area contributed by atoms with Gasteiger partial charge in [0, 0.05) is 16.5 Å². The van der Waals surface area contributed by atoms with Crippen LogP contribution in [0.1, 0.15) is 22.8 Å². The van der Waals surface area contributed by atoms with Crippen molar-refractivity contribution in [3.63, 3.8) is 0 Å². The van der Waals surface area contributed by atoms with Gasteiger partial charge in [-0.15, -0.1) is 0 Å². The number of pyridine rings is 1. The summed E-state index contributed by atoms with van der Waals surface area (Å²) in [7, 11) is 1.32. The van der Waals surface area contributed by atoms with E-state index in [4.69, 9.17) is 14.5 Å². The third-order valence-corrected chi connectivity index (χ3v) is 5.24. The topological polar surface area (TPSA) is 48.4 Å². The molecular weight excluding hydrogens is 393 g/mol. The molecular formula is C26H22FNO3. The Morgan fingerprint density at radius 3 is 2.42 bits per heavy atom. The molecule has 0 aliphatic rings. The van der Waals surface area contributed by atoms with Crippen LogP contribution in [0.5, 0.6) is 5.75 Å². The van der Waals surface area contributed by atoms with Crippen molar-refractivity contribution in [3.8, 4) is 28.1 Å². The first-order chi connectivity index (χ1) is 15.0. The van der Waals surface area contributed by atoms with Crippen LogP contribution in [-0.2, 0) is 4.74 Å². The maximum absolute atomic E-state index is 13.8. The lowest BCUT2D eigenvalue weighted by molar-refractivity contribution is 0.0602. The fourth-order valence-corrected chi connectivity index (χ4v) is 3.77. The Balaban J connectivity index is 1.84. The number of esters is 1. The molecule has 3 aromatic carbocycles. The summed E-state index contributed by atoms with van der Waals surface area (Å²) in [5.41, 5.74) is 5.04. The van der Waals surface area contributed by atoms with E-state index in [1.807, 2.05) is 55.5 Å². The minimum absolute atomic E-state index is 0.327.